The van der Waals surface area contributed by atoms with Crippen LogP contribution in [0.15, 0.2) is 0 Å². The molecule has 0 aromatic heterocycles. The second-order valence-corrected chi connectivity index (χ2v) is 0.612. The van der Waals surface area contributed by atoms with Gasteiger partial charge >= 0.3 is 0 Å². The molecule has 0 amide bonds. The maximum atomic E-state index is 4.50. The molecule has 1 saturated heterocycles. The minimum absolute atomic E-state index is 0. The number of rotatable bonds is 0. The standard InChI is InChI=1S/C2H4O.Ar/c1-2-3-1;/h1-2H2;. The molecule has 0 saturated carbocycles. The van der Waals surface area contributed by atoms with E-state index in [1.54, 1.807) is 0 Å². The summed E-state index contributed by atoms with van der Waals surface area (Å²) in [6, 6.07) is 0. The molecule has 2 heteroatoms. The second-order valence-electron chi connectivity index (χ2n) is 0.612. The molecular formula is C2H4ArO. The van der Waals surface area contributed by atoms with Gasteiger partial charge in [0.15, 0.2) is 0 Å². The van der Waals surface area contributed by atoms with Crippen molar-refractivity contribution in [1.29, 1.82) is 0 Å². The first kappa shape index (κ1) is 5.22. The van der Waals surface area contributed by atoms with Crippen LogP contribution in [0, 0.1) is 37.7 Å². The van der Waals surface area contributed by atoms with Crippen molar-refractivity contribution in [2.75, 3.05) is 13.2 Å². The minimum Gasteiger partial charge on any atom is -0.377 e. The van der Waals surface area contributed by atoms with Crippen LogP contribution < -0.4 is 0 Å². The predicted molar refractivity (Wildman–Crippen MR) is 10.8 cm³/mol. The summed E-state index contributed by atoms with van der Waals surface area (Å²) in [5.74, 6) is 0. The van der Waals surface area contributed by atoms with Crippen molar-refractivity contribution in [3.05, 3.63) is 0 Å². The third kappa shape index (κ3) is 3.22. The Balaban J connectivity index is 0.0000000900. The Morgan fingerprint density at radius 3 is 1.50 bits per heavy atom. The Morgan fingerprint density at radius 2 is 1.50 bits per heavy atom. The Kier molecular flexibility index (Phi) is 3.21. The van der Waals surface area contributed by atoms with Crippen molar-refractivity contribution < 1.29 is 42.5 Å². The van der Waals surface area contributed by atoms with Crippen molar-refractivity contribution in [1.82, 2.24) is 0 Å². The van der Waals surface area contributed by atoms with Crippen LogP contribution in [0.5, 0.6) is 0 Å². The van der Waals surface area contributed by atoms with Crippen LogP contribution in [0.3, 0.4) is 0 Å². The molecule has 0 N–H and O–H groups in total. The maximum absolute atomic E-state index is 4.50. The van der Waals surface area contributed by atoms with Gasteiger partial charge in [0.2, 0.25) is 0 Å². The summed E-state index contributed by atoms with van der Waals surface area (Å²) in [5, 5.41) is 0. The van der Waals surface area contributed by atoms with Gasteiger partial charge < -0.3 is 4.74 Å². The molecule has 0 aromatic carbocycles. The fourth-order valence-corrected chi connectivity index (χ4v) is 0. The van der Waals surface area contributed by atoms with Gasteiger partial charge in [-0.25, -0.2) is 0 Å². The number of ether oxygens (including phenoxy) is 1. The monoisotopic (exact) mass is 84.0 g/mol. The SMILES string of the molecule is C1CO1.[Ar]. The Morgan fingerprint density at radius 1 is 1.25 bits per heavy atom. The van der Waals surface area contributed by atoms with E-state index in [0.717, 1.165) is 13.2 Å². The van der Waals surface area contributed by atoms with Gasteiger partial charge in [-0.3, -0.25) is 0 Å². The van der Waals surface area contributed by atoms with Crippen LogP contribution in [0.4, 0.5) is 0 Å². The molecule has 0 radical (unpaired) electrons. The third-order valence-electron chi connectivity index (χ3n) is 0.204. The summed E-state index contributed by atoms with van der Waals surface area (Å²) < 4.78 is 4.50. The summed E-state index contributed by atoms with van der Waals surface area (Å²) >= 11 is 0. The van der Waals surface area contributed by atoms with E-state index in [9.17, 15) is 0 Å². The van der Waals surface area contributed by atoms with Crippen molar-refractivity contribution in [2.45, 2.75) is 0 Å². The van der Waals surface area contributed by atoms with Gasteiger partial charge in [0.05, 0.1) is 13.2 Å². The first-order valence-electron chi connectivity index (χ1n) is 1.08. The maximum Gasteiger partial charge on any atom is 0.0701 e. The van der Waals surface area contributed by atoms with Crippen LogP contribution in [-0.2, 0) is 4.74 Å². The van der Waals surface area contributed by atoms with Crippen molar-refractivity contribution >= 4 is 0 Å². The van der Waals surface area contributed by atoms with E-state index in [4.69, 9.17) is 0 Å². The molecule has 1 heterocycles. The number of epoxide rings is 1. The van der Waals surface area contributed by atoms with Gasteiger partial charge in [0, 0.05) is 37.7 Å². The van der Waals surface area contributed by atoms with E-state index in [-0.39, 0.29) is 37.7 Å². The number of hydrogen-bond acceptors (Lipinski definition) is 1. The zero-order valence-corrected chi connectivity index (χ0v) is 2.88. The molecule has 0 atom stereocenters. The molecule has 1 aliphatic rings. The third-order valence-corrected chi connectivity index (χ3v) is 0.204. The van der Waals surface area contributed by atoms with Gasteiger partial charge in [0.25, 0.3) is 0 Å². The molecule has 4 heavy (non-hydrogen) atoms. The summed E-state index contributed by atoms with van der Waals surface area (Å²) in [5.41, 5.74) is 0. The average Bonchev–Trinajstić information content (AvgIpc) is 1.46. The molecule has 0 aliphatic carbocycles. The molecule has 0 aromatic rings. The minimum atomic E-state index is 0. The summed E-state index contributed by atoms with van der Waals surface area (Å²) in [6.45, 7) is 2.00. The van der Waals surface area contributed by atoms with Gasteiger partial charge in [-0.15, -0.1) is 0 Å². The molecule has 0 bridgehead atoms. The van der Waals surface area contributed by atoms with E-state index >= 15 is 0 Å². The van der Waals surface area contributed by atoms with Crippen molar-refractivity contribution in [3.63, 3.8) is 0 Å². The predicted octanol–water partition coefficient (Wildman–Crippen LogP) is 0.0166. The smallest absolute Gasteiger partial charge is 0.0701 e. The molecular weight excluding hydrogens is 80.0 g/mol. The van der Waals surface area contributed by atoms with Crippen LogP contribution in [0.2, 0.25) is 0 Å². The molecule has 1 rings (SSSR count). The van der Waals surface area contributed by atoms with E-state index in [1.165, 1.54) is 0 Å². The molecule has 0 unspecified atom stereocenters. The molecule has 26 valence electrons. The molecule has 1 nitrogen and oxygen atoms in total. The van der Waals surface area contributed by atoms with Crippen LogP contribution in [-0.4, -0.2) is 13.2 Å². The first-order valence-corrected chi connectivity index (χ1v) is 1.08. The molecule has 0 spiro atoms. The van der Waals surface area contributed by atoms with E-state index in [2.05, 4.69) is 4.74 Å². The number of hydrogen-bond donors (Lipinski definition) is 0. The van der Waals surface area contributed by atoms with E-state index in [1.807, 2.05) is 0 Å². The largest absolute Gasteiger partial charge is 0.377 e. The summed E-state index contributed by atoms with van der Waals surface area (Å²) in [4.78, 5) is 0. The normalized spacial score (nSPS) is 18.0. The van der Waals surface area contributed by atoms with Gasteiger partial charge in [0.1, 0.15) is 0 Å². The Hall–Kier alpha value is 1.22. The summed E-state index contributed by atoms with van der Waals surface area (Å²) in [7, 11) is 0. The summed E-state index contributed by atoms with van der Waals surface area (Å²) in [6.07, 6.45) is 0. The van der Waals surface area contributed by atoms with Gasteiger partial charge in [-0.1, -0.05) is 0 Å². The molecule has 1 aliphatic heterocycles. The van der Waals surface area contributed by atoms with Gasteiger partial charge in [-0.05, 0) is 0 Å². The first-order chi connectivity index (χ1) is 1.50. The van der Waals surface area contributed by atoms with E-state index < -0.39 is 0 Å². The van der Waals surface area contributed by atoms with Gasteiger partial charge in [-0.2, -0.15) is 0 Å². The Bertz CT molecular complexity index is 10.8. The fourth-order valence-electron chi connectivity index (χ4n) is 0. The fraction of sp³-hybridized carbons (Fsp3) is 1.00. The van der Waals surface area contributed by atoms with Crippen molar-refractivity contribution in [3.8, 4) is 0 Å². The Labute approximate surface area is 55.3 Å². The zero-order chi connectivity index (χ0) is 2.12. The average molecular weight is 84.0 g/mol. The zero-order valence-electron chi connectivity index (χ0n) is 2.18. The van der Waals surface area contributed by atoms with Crippen molar-refractivity contribution in [2.24, 2.45) is 0 Å². The van der Waals surface area contributed by atoms with Crippen LogP contribution in [0.1, 0.15) is 0 Å². The molecule has 1 fully saturated rings. The van der Waals surface area contributed by atoms with Crippen LogP contribution in [0.25, 0.3) is 0 Å². The quantitative estimate of drug-likeness (QED) is 0.377. The second kappa shape index (κ2) is 2.46. The van der Waals surface area contributed by atoms with E-state index in [0.29, 0.717) is 0 Å². The van der Waals surface area contributed by atoms with Crippen LogP contribution >= 0.6 is 0 Å². The topological polar surface area (TPSA) is 12.5 Å².